The molecular formula is C15H16N2O2. The third kappa shape index (κ3) is 2.27. The van der Waals surface area contributed by atoms with E-state index in [2.05, 4.69) is 0 Å². The Morgan fingerprint density at radius 1 is 1.21 bits per heavy atom. The molecule has 1 N–H and O–H groups in total. The van der Waals surface area contributed by atoms with Gasteiger partial charge in [0.05, 0.1) is 0 Å². The van der Waals surface area contributed by atoms with E-state index in [0.717, 1.165) is 5.69 Å². The van der Waals surface area contributed by atoms with Gasteiger partial charge in [0.25, 0.3) is 5.91 Å². The highest BCUT2D eigenvalue weighted by Crippen LogP contribution is 2.19. The maximum absolute atomic E-state index is 12.2. The molecule has 4 heteroatoms. The van der Waals surface area contributed by atoms with Crippen LogP contribution in [-0.2, 0) is 0 Å². The van der Waals surface area contributed by atoms with Crippen LogP contribution in [0.2, 0.25) is 0 Å². The summed E-state index contributed by atoms with van der Waals surface area (Å²) in [5.74, 6) is 0.287. The Morgan fingerprint density at radius 3 is 2.63 bits per heavy atom. The standard InChI is InChI=1S/C15H16N2O2/c18-11-12-9-17(10-12)15(19)13-4-3-5-14(8-13)16-6-1-2-7-16/h1-8,12,18H,9-11H2. The smallest absolute Gasteiger partial charge is 0.253 e. The van der Waals surface area contributed by atoms with Crippen molar-refractivity contribution in [3.8, 4) is 5.69 Å². The average Bonchev–Trinajstić information content (AvgIpc) is 2.91. The van der Waals surface area contributed by atoms with E-state index in [1.54, 1.807) is 4.90 Å². The lowest BCUT2D eigenvalue weighted by molar-refractivity contribution is 0.0362. The molecule has 1 aromatic carbocycles. The Kier molecular flexibility index (Phi) is 3.09. The Bertz CT molecular complexity index is 572. The fourth-order valence-corrected chi connectivity index (χ4v) is 2.34. The topological polar surface area (TPSA) is 45.5 Å². The molecule has 0 aliphatic carbocycles. The monoisotopic (exact) mass is 256 g/mol. The molecule has 1 aliphatic heterocycles. The molecule has 1 aliphatic rings. The highest BCUT2D eigenvalue weighted by molar-refractivity contribution is 5.95. The lowest BCUT2D eigenvalue weighted by atomic mass is 10.00. The van der Waals surface area contributed by atoms with Crippen LogP contribution in [0.4, 0.5) is 0 Å². The largest absolute Gasteiger partial charge is 0.396 e. The van der Waals surface area contributed by atoms with E-state index in [4.69, 9.17) is 5.11 Å². The molecule has 0 spiro atoms. The van der Waals surface area contributed by atoms with Crippen LogP contribution in [0.15, 0.2) is 48.8 Å². The molecule has 0 unspecified atom stereocenters. The second kappa shape index (κ2) is 4.90. The zero-order chi connectivity index (χ0) is 13.2. The summed E-state index contributed by atoms with van der Waals surface area (Å²) in [5, 5.41) is 8.98. The van der Waals surface area contributed by atoms with E-state index >= 15 is 0 Å². The fourth-order valence-electron chi connectivity index (χ4n) is 2.34. The predicted octanol–water partition coefficient (Wildman–Crippen LogP) is 1.54. The van der Waals surface area contributed by atoms with Gasteiger partial charge in [-0.05, 0) is 30.3 Å². The summed E-state index contributed by atoms with van der Waals surface area (Å²) in [5.41, 5.74) is 1.68. The van der Waals surface area contributed by atoms with Crippen LogP contribution in [0.3, 0.4) is 0 Å². The van der Waals surface area contributed by atoms with E-state index in [1.165, 1.54) is 0 Å². The molecule has 98 valence electrons. The number of nitrogens with zero attached hydrogens (tertiary/aromatic N) is 2. The van der Waals surface area contributed by atoms with Crippen molar-refractivity contribution in [3.63, 3.8) is 0 Å². The zero-order valence-electron chi connectivity index (χ0n) is 10.6. The minimum Gasteiger partial charge on any atom is -0.396 e. The molecule has 1 aromatic heterocycles. The van der Waals surface area contributed by atoms with Gasteiger partial charge >= 0.3 is 0 Å². The first-order valence-corrected chi connectivity index (χ1v) is 6.41. The number of carbonyl (C=O) groups is 1. The van der Waals surface area contributed by atoms with Gasteiger partial charge in [-0.3, -0.25) is 4.79 Å². The number of rotatable bonds is 3. The van der Waals surface area contributed by atoms with Gasteiger partial charge in [-0.2, -0.15) is 0 Å². The van der Waals surface area contributed by atoms with E-state index in [9.17, 15) is 4.79 Å². The van der Waals surface area contributed by atoms with Crippen LogP contribution in [0.5, 0.6) is 0 Å². The molecule has 0 bridgehead atoms. The summed E-state index contributed by atoms with van der Waals surface area (Å²) < 4.78 is 1.98. The van der Waals surface area contributed by atoms with Crippen LogP contribution < -0.4 is 0 Å². The number of aliphatic hydroxyl groups excluding tert-OH is 1. The van der Waals surface area contributed by atoms with Gasteiger partial charge in [-0.15, -0.1) is 0 Å². The summed E-state index contributed by atoms with van der Waals surface area (Å²) in [4.78, 5) is 14.0. The number of amides is 1. The zero-order valence-corrected chi connectivity index (χ0v) is 10.6. The highest BCUT2D eigenvalue weighted by Gasteiger charge is 2.30. The third-order valence-corrected chi connectivity index (χ3v) is 3.50. The summed E-state index contributed by atoms with van der Waals surface area (Å²) >= 11 is 0. The van der Waals surface area contributed by atoms with Gasteiger partial charge in [0.2, 0.25) is 0 Å². The molecule has 0 saturated carbocycles. The van der Waals surface area contributed by atoms with Crippen molar-refractivity contribution >= 4 is 5.91 Å². The molecule has 0 atom stereocenters. The van der Waals surface area contributed by atoms with Crippen molar-refractivity contribution in [2.75, 3.05) is 19.7 Å². The van der Waals surface area contributed by atoms with Crippen molar-refractivity contribution in [2.45, 2.75) is 0 Å². The first-order valence-electron chi connectivity index (χ1n) is 6.41. The summed E-state index contributed by atoms with van der Waals surface area (Å²) in [7, 11) is 0. The molecule has 3 rings (SSSR count). The van der Waals surface area contributed by atoms with Crippen LogP contribution in [-0.4, -0.2) is 40.2 Å². The van der Waals surface area contributed by atoms with E-state index in [1.807, 2.05) is 53.4 Å². The summed E-state index contributed by atoms with van der Waals surface area (Å²) in [6, 6.07) is 11.5. The Hall–Kier alpha value is -2.07. The van der Waals surface area contributed by atoms with Crippen LogP contribution in [0.25, 0.3) is 5.69 Å². The maximum Gasteiger partial charge on any atom is 0.253 e. The van der Waals surface area contributed by atoms with Crippen molar-refractivity contribution in [1.29, 1.82) is 0 Å². The van der Waals surface area contributed by atoms with Gasteiger partial charge in [0.15, 0.2) is 0 Å². The fraction of sp³-hybridized carbons (Fsp3) is 0.267. The predicted molar refractivity (Wildman–Crippen MR) is 72.2 cm³/mol. The van der Waals surface area contributed by atoms with Crippen molar-refractivity contribution < 1.29 is 9.90 Å². The molecular weight excluding hydrogens is 240 g/mol. The van der Waals surface area contributed by atoms with Crippen LogP contribution in [0.1, 0.15) is 10.4 Å². The van der Waals surface area contributed by atoms with E-state index in [0.29, 0.717) is 18.7 Å². The lowest BCUT2D eigenvalue weighted by Crippen LogP contribution is -2.51. The number of aliphatic hydroxyl groups is 1. The van der Waals surface area contributed by atoms with Gasteiger partial charge in [-0.25, -0.2) is 0 Å². The molecule has 1 amide bonds. The van der Waals surface area contributed by atoms with Crippen molar-refractivity contribution in [2.24, 2.45) is 5.92 Å². The van der Waals surface area contributed by atoms with Crippen molar-refractivity contribution in [3.05, 3.63) is 54.4 Å². The molecule has 4 nitrogen and oxygen atoms in total. The average molecular weight is 256 g/mol. The number of hydrogen-bond acceptors (Lipinski definition) is 2. The van der Waals surface area contributed by atoms with Crippen LogP contribution >= 0.6 is 0 Å². The summed E-state index contributed by atoms with van der Waals surface area (Å²) in [6.45, 7) is 1.47. The maximum atomic E-state index is 12.2. The number of aromatic nitrogens is 1. The Balaban J connectivity index is 1.78. The van der Waals surface area contributed by atoms with Crippen LogP contribution in [0, 0.1) is 5.92 Å². The third-order valence-electron chi connectivity index (χ3n) is 3.50. The first kappa shape index (κ1) is 12.0. The normalized spacial score (nSPS) is 15.3. The van der Waals surface area contributed by atoms with Gasteiger partial charge in [0, 0.05) is 49.3 Å². The molecule has 19 heavy (non-hydrogen) atoms. The second-order valence-electron chi connectivity index (χ2n) is 4.90. The minimum absolute atomic E-state index is 0.0405. The molecule has 0 radical (unpaired) electrons. The van der Waals surface area contributed by atoms with Gasteiger partial charge < -0.3 is 14.6 Å². The van der Waals surface area contributed by atoms with Gasteiger partial charge in [0.1, 0.15) is 0 Å². The number of carbonyl (C=O) groups excluding carboxylic acids is 1. The Morgan fingerprint density at radius 2 is 1.95 bits per heavy atom. The minimum atomic E-state index is 0.0405. The highest BCUT2D eigenvalue weighted by atomic mass is 16.3. The molecule has 1 saturated heterocycles. The summed E-state index contributed by atoms with van der Waals surface area (Å²) in [6.07, 6.45) is 3.91. The number of hydrogen-bond donors (Lipinski definition) is 1. The second-order valence-corrected chi connectivity index (χ2v) is 4.90. The van der Waals surface area contributed by atoms with E-state index in [-0.39, 0.29) is 18.4 Å². The SMILES string of the molecule is O=C(c1cccc(-n2cccc2)c1)N1CC(CO)C1. The Labute approximate surface area is 111 Å². The molecule has 2 heterocycles. The van der Waals surface area contributed by atoms with Crippen molar-refractivity contribution in [1.82, 2.24) is 9.47 Å². The quantitative estimate of drug-likeness (QED) is 0.905. The number of benzene rings is 1. The van der Waals surface area contributed by atoms with E-state index < -0.39 is 0 Å². The lowest BCUT2D eigenvalue weighted by Gasteiger charge is -2.38. The molecule has 2 aromatic rings. The number of likely N-dealkylation sites (tertiary alicyclic amines) is 1. The first-order chi connectivity index (χ1) is 9.28. The van der Waals surface area contributed by atoms with Gasteiger partial charge in [-0.1, -0.05) is 6.07 Å². The molecule has 1 fully saturated rings.